The minimum absolute atomic E-state index is 0.675. The summed E-state index contributed by atoms with van der Waals surface area (Å²) in [4.78, 5) is 9.24. The lowest BCUT2D eigenvalue weighted by Gasteiger charge is -2.38. The zero-order valence-electron chi connectivity index (χ0n) is 17.5. The van der Waals surface area contributed by atoms with E-state index in [1.54, 1.807) is 0 Å². The van der Waals surface area contributed by atoms with E-state index in [9.17, 15) is 0 Å². The molecular formula is C25H29ClN4. The molecule has 5 heteroatoms. The zero-order valence-corrected chi connectivity index (χ0v) is 18.3. The van der Waals surface area contributed by atoms with Crippen molar-refractivity contribution in [3.63, 3.8) is 0 Å². The average molecular weight is 421 g/mol. The van der Waals surface area contributed by atoms with Crippen LogP contribution in [0, 0.1) is 12.8 Å². The summed E-state index contributed by atoms with van der Waals surface area (Å²) in [5.41, 5.74) is 4.95. The number of allylic oxidation sites excluding steroid dienone is 3. The van der Waals surface area contributed by atoms with Crippen molar-refractivity contribution in [2.75, 3.05) is 19.6 Å². The van der Waals surface area contributed by atoms with Gasteiger partial charge in [-0.05, 0) is 67.9 Å². The molecule has 0 saturated heterocycles. The molecule has 1 saturated carbocycles. The van der Waals surface area contributed by atoms with Crippen molar-refractivity contribution in [2.45, 2.75) is 38.5 Å². The highest BCUT2D eigenvalue weighted by Gasteiger charge is 2.26. The van der Waals surface area contributed by atoms with Crippen molar-refractivity contribution < 1.29 is 0 Å². The Bertz CT molecular complexity index is 985. The van der Waals surface area contributed by atoms with Crippen LogP contribution in [0.5, 0.6) is 0 Å². The van der Waals surface area contributed by atoms with E-state index in [0.29, 0.717) is 5.92 Å². The number of benzene rings is 1. The lowest BCUT2D eigenvalue weighted by Crippen LogP contribution is -2.39. The number of rotatable bonds is 4. The quantitative estimate of drug-likeness (QED) is 0.639. The van der Waals surface area contributed by atoms with Gasteiger partial charge in [0.15, 0.2) is 0 Å². The molecule has 3 heterocycles. The summed E-state index contributed by atoms with van der Waals surface area (Å²) in [5.74, 6) is 1.43. The third kappa shape index (κ3) is 4.20. The van der Waals surface area contributed by atoms with Crippen LogP contribution in [0.4, 0.5) is 0 Å². The van der Waals surface area contributed by atoms with E-state index in [-0.39, 0.29) is 0 Å². The average Bonchev–Trinajstić information content (AvgIpc) is 3.20. The van der Waals surface area contributed by atoms with E-state index >= 15 is 0 Å². The fraction of sp³-hybridized carbons (Fsp3) is 0.400. The van der Waals surface area contributed by atoms with E-state index in [1.807, 2.05) is 25.4 Å². The van der Waals surface area contributed by atoms with Crippen LogP contribution in [0.25, 0.3) is 5.70 Å². The lowest BCUT2D eigenvalue weighted by atomic mass is 9.78. The Morgan fingerprint density at radius 2 is 1.87 bits per heavy atom. The van der Waals surface area contributed by atoms with Crippen molar-refractivity contribution in [3.05, 3.63) is 83.3 Å². The lowest BCUT2D eigenvalue weighted by molar-refractivity contribution is 0.213. The Morgan fingerprint density at radius 1 is 1.03 bits per heavy atom. The Balaban J connectivity index is 1.22. The monoisotopic (exact) mass is 420 g/mol. The van der Waals surface area contributed by atoms with Gasteiger partial charge in [-0.2, -0.15) is 0 Å². The van der Waals surface area contributed by atoms with Gasteiger partial charge in [0.25, 0.3) is 0 Å². The first-order valence-corrected chi connectivity index (χ1v) is 11.4. The highest BCUT2D eigenvalue weighted by atomic mass is 35.5. The normalized spacial score (nSPS) is 23.8. The molecule has 30 heavy (non-hydrogen) atoms. The first-order valence-electron chi connectivity index (χ1n) is 11.0. The minimum atomic E-state index is 0.675. The summed E-state index contributed by atoms with van der Waals surface area (Å²) < 4.78 is 2.09. The van der Waals surface area contributed by atoms with Gasteiger partial charge in [-0.25, -0.2) is 4.98 Å². The first kappa shape index (κ1) is 19.5. The maximum atomic E-state index is 6.08. The van der Waals surface area contributed by atoms with Crippen LogP contribution in [-0.4, -0.2) is 39.0 Å². The molecule has 4 nitrogen and oxygen atoms in total. The largest absolute Gasteiger partial charge is 0.374 e. The molecule has 1 fully saturated rings. The topological polar surface area (TPSA) is 24.3 Å². The number of imidazole rings is 1. The zero-order chi connectivity index (χ0) is 20.5. The summed E-state index contributed by atoms with van der Waals surface area (Å²) in [6, 6.07) is 8.50. The smallest absolute Gasteiger partial charge is 0.0995 e. The van der Waals surface area contributed by atoms with Gasteiger partial charge in [-0.3, -0.25) is 0 Å². The third-order valence-electron chi connectivity index (χ3n) is 6.61. The number of aromatic nitrogens is 2. The fourth-order valence-corrected chi connectivity index (χ4v) is 5.15. The predicted molar refractivity (Wildman–Crippen MR) is 123 cm³/mol. The molecule has 2 unspecified atom stereocenters. The summed E-state index contributed by atoms with van der Waals surface area (Å²) in [6.45, 7) is 5.29. The Morgan fingerprint density at radius 3 is 2.67 bits per heavy atom. The number of hydrogen-bond acceptors (Lipinski definition) is 3. The number of nitrogens with zero attached hydrogens (tertiary/aromatic N) is 4. The molecular weight excluding hydrogens is 392 g/mol. The van der Waals surface area contributed by atoms with Gasteiger partial charge in [0.1, 0.15) is 0 Å². The van der Waals surface area contributed by atoms with Gasteiger partial charge in [0.2, 0.25) is 0 Å². The van der Waals surface area contributed by atoms with E-state index in [4.69, 9.17) is 11.6 Å². The Labute approximate surface area is 184 Å². The standard InChI is InChI=1S/C25H29ClN4/c1-19-14-30(18-27-19)25-10-9-24-16-28(11-12-29(24)17-25)15-20-3-2-4-22(13-20)21-5-7-23(26)8-6-21/h5-10,14,16-18,20,22H,2-4,11-13,15H2,1H3. The molecule has 0 spiro atoms. The van der Waals surface area contributed by atoms with Gasteiger partial charge in [-0.1, -0.05) is 30.2 Å². The predicted octanol–water partition coefficient (Wildman–Crippen LogP) is 5.65. The summed E-state index contributed by atoms with van der Waals surface area (Å²) in [7, 11) is 0. The van der Waals surface area contributed by atoms with Crippen LogP contribution in [0.2, 0.25) is 5.02 Å². The molecule has 0 N–H and O–H groups in total. The van der Waals surface area contributed by atoms with E-state index in [0.717, 1.165) is 36.3 Å². The van der Waals surface area contributed by atoms with Gasteiger partial charge < -0.3 is 14.4 Å². The van der Waals surface area contributed by atoms with Gasteiger partial charge in [0.05, 0.1) is 23.4 Å². The molecule has 2 atom stereocenters. The van der Waals surface area contributed by atoms with Gasteiger partial charge in [-0.15, -0.1) is 0 Å². The van der Waals surface area contributed by atoms with Crippen LogP contribution in [0.1, 0.15) is 42.9 Å². The van der Waals surface area contributed by atoms with E-state index in [1.165, 1.54) is 42.6 Å². The van der Waals surface area contributed by atoms with Gasteiger partial charge >= 0.3 is 0 Å². The molecule has 2 aliphatic heterocycles. The summed E-state index contributed by atoms with van der Waals surface area (Å²) in [5, 5.41) is 0.830. The highest BCUT2D eigenvalue weighted by Crippen LogP contribution is 2.37. The molecule has 1 aromatic heterocycles. The van der Waals surface area contributed by atoms with Crippen LogP contribution in [0.15, 0.2) is 67.0 Å². The van der Waals surface area contributed by atoms with Crippen LogP contribution < -0.4 is 0 Å². The van der Waals surface area contributed by atoms with E-state index in [2.05, 4.69) is 62.2 Å². The van der Waals surface area contributed by atoms with Crippen molar-refractivity contribution in [2.24, 2.45) is 5.92 Å². The van der Waals surface area contributed by atoms with Crippen LogP contribution in [-0.2, 0) is 0 Å². The number of hydrogen-bond donors (Lipinski definition) is 0. The molecule has 0 amide bonds. The van der Waals surface area contributed by atoms with E-state index < -0.39 is 0 Å². The second-order valence-corrected chi connectivity index (χ2v) is 9.27. The van der Waals surface area contributed by atoms with Crippen molar-refractivity contribution in [3.8, 4) is 0 Å². The summed E-state index contributed by atoms with van der Waals surface area (Å²) >= 11 is 6.08. The third-order valence-corrected chi connectivity index (χ3v) is 6.87. The highest BCUT2D eigenvalue weighted by molar-refractivity contribution is 6.30. The number of aryl methyl sites for hydroxylation is 1. The van der Waals surface area contributed by atoms with Crippen LogP contribution >= 0.6 is 11.6 Å². The molecule has 1 aromatic carbocycles. The van der Waals surface area contributed by atoms with Crippen molar-refractivity contribution in [1.29, 1.82) is 0 Å². The van der Waals surface area contributed by atoms with Gasteiger partial charge in [0, 0.05) is 43.3 Å². The molecule has 1 aliphatic carbocycles. The minimum Gasteiger partial charge on any atom is -0.374 e. The van der Waals surface area contributed by atoms with Crippen LogP contribution in [0.3, 0.4) is 0 Å². The second-order valence-electron chi connectivity index (χ2n) is 8.83. The summed E-state index contributed by atoms with van der Waals surface area (Å²) in [6.07, 6.45) is 18.2. The molecule has 156 valence electrons. The first-order chi connectivity index (χ1) is 14.6. The van der Waals surface area contributed by atoms with Crippen molar-refractivity contribution >= 4 is 17.3 Å². The SMILES string of the molecule is Cc1cn(C2=CN3CCN(CC4CCCC(c5ccc(Cl)cc5)C4)C=C3C=C2)cn1. The Kier molecular flexibility index (Phi) is 5.43. The molecule has 2 aromatic rings. The maximum absolute atomic E-state index is 6.08. The van der Waals surface area contributed by atoms with Crippen molar-refractivity contribution in [1.82, 2.24) is 19.4 Å². The second kappa shape index (κ2) is 8.35. The number of fused-ring (bicyclic) bond motifs is 1. The molecule has 0 radical (unpaired) electrons. The Hall–Kier alpha value is -2.46. The molecule has 0 bridgehead atoms. The maximum Gasteiger partial charge on any atom is 0.0995 e. The molecule has 5 rings (SSSR count). The fourth-order valence-electron chi connectivity index (χ4n) is 5.03. The number of halogens is 1. The molecule has 3 aliphatic rings.